The topological polar surface area (TPSA) is 93.3 Å². The first kappa shape index (κ1) is 12.5. The summed E-state index contributed by atoms with van der Waals surface area (Å²) in [7, 11) is 0. The van der Waals surface area contributed by atoms with E-state index in [1.54, 1.807) is 6.07 Å². The van der Waals surface area contributed by atoms with E-state index in [4.69, 9.17) is 0 Å². The lowest BCUT2D eigenvalue weighted by atomic mass is 9.99. The molecule has 0 radical (unpaired) electrons. The van der Waals surface area contributed by atoms with Crippen LogP contribution in [0.2, 0.25) is 0 Å². The lowest BCUT2D eigenvalue weighted by Gasteiger charge is -2.11. The van der Waals surface area contributed by atoms with Gasteiger partial charge in [0.05, 0.1) is 16.0 Å². The van der Waals surface area contributed by atoms with Crippen LogP contribution in [0, 0.1) is 10.1 Å². The maximum atomic E-state index is 11.4. The Hall–Kier alpha value is -2.50. The Labute approximate surface area is 114 Å². The number of nitrogens with zero attached hydrogens (tertiary/aromatic N) is 2. The molecule has 102 valence electrons. The number of rotatable bonds is 3. The number of hydrogen-bond donors (Lipinski definition) is 1. The van der Waals surface area contributed by atoms with Crippen molar-refractivity contribution in [1.82, 2.24) is 4.98 Å². The van der Waals surface area contributed by atoms with E-state index in [0.29, 0.717) is 10.9 Å². The number of aromatic nitrogens is 1. The fourth-order valence-corrected chi connectivity index (χ4v) is 2.26. The first-order valence-corrected chi connectivity index (χ1v) is 6.24. The van der Waals surface area contributed by atoms with Crippen molar-refractivity contribution < 1.29 is 14.8 Å². The standard InChI is InChI=1S/C14H12N2O4/c1-14(4-5-14)12-7-10(13(17)18)9-6-8(16(19)20)2-3-11(9)15-12/h2-3,6-7H,4-5H2,1H3,(H,17,18). The first-order valence-electron chi connectivity index (χ1n) is 6.24. The second-order valence-corrected chi connectivity index (χ2v) is 5.38. The molecule has 0 aliphatic heterocycles. The molecule has 0 amide bonds. The van der Waals surface area contributed by atoms with E-state index in [9.17, 15) is 20.0 Å². The Kier molecular flexibility index (Phi) is 2.50. The van der Waals surface area contributed by atoms with Crippen LogP contribution >= 0.6 is 0 Å². The largest absolute Gasteiger partial charge is 0.478 e. The summed E-state index contributed by atoms with van der Waals surface area (Å²) in [4.78, 5) is 26.1. The van der Waals surface area contributed by atoms with Crippen molar-refractivity contribution in [2.45, 2.75) is 25.2 Å². The third kappa shape index (κ3) is 1.89. The highest BCUT2D eigenvalue weighted by Gasteiger charge is 2.41. The van der Waals surface area contributed by atoms with Gasteiger partial charge in [0.25, 0.3) is 5.69 Å². The van der Waals surface area contributed by atoms with Crippen LogP contribution in [0.1, 0.15) is 35.8 Å². The minimum Gasteiger partial charge on any atom is -0.478 e. The molecule has 0 atom stereocenters. The predicted octanol–water partition coefficient (Wildman–Crippen LogP) is 2.89. The fourth-order valence-electron chi connectivity index (χ4n) is 2.26. The summed E-state index contributed by atoms with van der Waals surface area (Å²) in [6.07, 6.45) is 1.97. The normalized spacial score (nSPS) is 16.1. The molecule has 1 saturated carbocycles. The minimum absolute atomic E-state index is 0.0554. The van der Waals surface area contributed by atoms with Crippen molar-refractivity contribution in [1.29, 1.82) is 0 Å². The van der Waals surface area contributed by atoms with Gasteiger partial charge in [0.15, 0.2) is 0 Å². The SMILES string of the molecule is CC1(c2cc(C(=O)O)c3cc([N+](=O)[O-])ccc3n2)CC1. The molecule has 1 aliphatic rings. The third-order valence-electron chi connectivity index (χ3n) is 3.85. The number of benzene rings is 1. The Morgan fingerprint density at radius 1 is 1.40 bits per heavy atom. The van der Waals surface area contributed by atoms with Gasteiger partial charge in [0, 0.05) is 28.6 Å². The highest BCUT2D eigenvalue weighted by Crippen LogP contribution is 2.47. The highest BCUT2D eigenvalue weighted by atomic mass is 16.6. The van der Waals surface area contributed by atoms with Crippen molar-refractivity contribution in [2.75, 3.05) is 0 Å². The van der Waals surface area contributed by atoms with Crippen LogP contribution in [0.3, 0.4) is 0 Å². The van der Waals surface area contributed by atoms with E-state index >= 15 is 0 Å². The van der Waals surface area contributed by atoms with Gasteiger partial charge in [-0.3, -0.25) is 15.1 Å². The van der Waals surface area contributed by atoms with Crippen molar-refractivity contribution in [3.8, 4) is 0 Å². The lowest BCUT2D eigenvalue weighted by Crippen LogP contribution is -2.08. The highest BCUT2D eigenvalue weighted by molar-refractivity contribution is 6.03. The summed E-state index contributed by atoms with van der Waals surface area (Å²) in [5.74, 6) is -1.09. The summed E-state index contributed by atoms with van der Waals surface area (Å²) < 4.78 is 0. The van der Waals surface area contributed by atoms with Crippen LogP contribution in [-0.4, -0.2) is 21.0 Å². The zero-order chi connectivity index (χ0) is 14.5. The average molecular weight is 272 g/mol. The van der Waals surface area contributed by atoms with Crippen molar-refractivity contribution in [3.05, 3.63) is 45.6 Å². The average Bonchev–Trinajstić information content (AvgIpc) is 3.15. The molecule has 1 aromatic carbocycles. The first-order chi connectivity index (χ1) is 9.40. The van der Waals surface area contributed by atoms with Crippen LogP contribution < -0.4 is 0 Å². The zero-order valence-electron chi connectivity index (χ0n) is 10.8. The number of carboxylic acid groups (broad SMARTS) is 1. The number of non-ortho nitro benzene ring substituents is 1. The molecule has 0 spiro atoms. The van der Waals surface area contributed by atoms with E-state index < -0.39 is 10.9 Å². The van der Waals surface area contributed by atoms with Gasteiger partial charge >= 0.3 is 5.97 Å². The van der Waals surface area contributed by atoms with Gasteiger partial charge in [0.2, 0.25) is 0 Å². The molecule has 1 heterocycles. The molecule has 1 fully saturated rings. The minimum atomic E-state index is -1.09. The molecule has 6 heteroatoms. The van der Waals surface area contributed by atoms with Gasteiger partial charge in [-0.25, -0.2) is 4.79 Å². The number of nitro groups is 1. The molecule has 1 N–H and O–H groups in total. The second-order valence-electron chi connectivity index (χ2n) is 5.38. The molecule has 0 bridgehead atoms. The van der Waals surface area contributed by atoms with E-state index in [2.05, 4.69) is 4.98 Å². The Morgan fingerprint density at radius 2 is 2.10 bits per heavy atom. The molecule has 20 heavy (non-hydrogen) atoms. The smallest absolute Gasteiger partial charge is 0.336 e. The van der Waals surface area contributed by atoms with Crippen LogP contribution in [0.4, 0.5) is 5.69 Å². The van der Waals surface area contributed by atoms with Crippen LogP contribution in [0.5, 0.6) is 0 Å². The van der Waals surface area contributed by atoms with Gasteiger partial charge in [-0.1, -0.05) is 6.92 Å². The molecular weight excluding hydrogens is 260 g/mol. The number of aromatic carboxylic acids is 1. The summed E-state index contributed by atoms with van der Waals surface area (Å²) >= 11 is 0. The van der Waals surface area contributed by atoms with Gasteiger partial charge in [-0.05, 0) is 25.0 Å². The molecule has 1 aliphatic carbocycles. The molecule has 0 saturated heterocycles. The monoisotopic (exact) mass is 272 g/mol. The van der Waals surface area contributed by atoms with Crippen LogP contribution in [0.15, 0.2) is 24.3 Å². The van der Waals surface area contributed by atoms with Crippen LogP contribution in [-0.2, 0) is 5.41 Å². The maximum Gasteiger partial charge on any atom is 0.336 e. The van der Waals surface area contributed by atoms with Gasteiger partial charge in [-0.2, -0.15) is 0 Å². The number of hydrogen-bond acceptors (Lipinski definition) is 4. The molecule has 6 nitrogen and oxygen atoms in total. The summed E-state index contributed by atoms with van der Waals surface area (Å²) in [6.45, 7) is 2.04. The summed E-state index contributed by atoms with van der Waals surface area (Å²) in [5, 5.41) is 20.4. The van der Waals surface area contributed by atoms with Crippen molar-refractivity contribution >= 4 is 22.6 Å². The molecule has 1 aromatic heterocycles. The predicted molar refractivity (Wildman–Crippen MR) is 71.9 cm³/mol. The Balaban J connectivity index is 2.29. The number of fused-ring (bicyclic) bond motifs is 1. The lowest BCUT2D eigenvalue weighted by molar-refractivity contribution is -0.384. The van der Waals surface area contributed by atoms with Gasteiger partial charge in [-0.15, -0.1) is 0 Å². The number of carboxylic acids is 1. The van der Waals surface area contributed by atoms with Gasteiger partial charge in [0.1, 0.15) is 0 Å². The third-order valence-corrected chi connectivity index (χ3v) is 3.85. The van der Waals surface area contributed by atoms with E-state index in [0.717, 1.165) is 18.5 Å². The van der Waals surface area contributed by atoms with E-state index in [1.165, 1.54) is 18.2 Å². The number of pyridine rings is 1. The van der Waals surface area contributed by atoms with Crippen LogP contribution in [0.25, 0.3) is 10.9 Å². The zero-order valence-corrected chi connectivity index (χ0v) is 10.8. The molecule has 2 aromatic rings. The summed E-state index contributed by atoms with van der Waals surface area (Å²) in [5.41, 5.74) is 1.11. The second kappa shape index (κ2) is 4.00. The Bertz CT molecular complexity index is 750. The molecule has 0 unspecified atom stereocenters. The molecular formula is C14H12N2O4. The van der Waals surface area contributed by atoms with E-state index in [1.807, 2.05) is 6.92 Å². The Morgan fingerprint density at radius 3 is 2.65 bits per heavy atom. The van der Waals surface area contributed by atoms with Gasteiger partial charge < -0.3 is 5.11 Å². The number of carbonyl (C=O) groups is 1. The van der Waals surface area contributed by atoms with E-state index in [-0.39, 0.29) is 16.7 Å². The maximum absolute atomic E-state index is 11.4. The van der Waals surface area contributed by atoms with Crippen molar-refractivity contribution in [2.24, 2.45) is 0 Å². The summed E-state index contributed by atoms with van der Waals surface area (Å²) in [6, 6.07) is 5.67. The molecule has 3 rings (SSSR count). The number of nitro benzene ring substituents is 1. The quantitative estimate of drug-likeness (QED) is 0.684. The van der Waals surface area contributed by atoms with Crippen molar-refractivity contribution in [3.63, 3.8) is 0 Å². The fraction of sp³-hybridized carbons (Fsp3) is 0.286.